The highest BCUT2D eigenvalue weighted by Gasteiger charge is 2.25. The van der Waals surface area contributed by atoms with Gasteiger partial charge in [0.1, 0.15) is 0 Å². The van der Waals surface area contributed by atoms with E-state index in [2.05, 4.69) is 20.9 Å². The molecule has 2 aromatic rings. The Bertz CT molecular complexity index is 767. The highest BCUT2D eigenvalue weighted by atomic mass is 16.5. The smallest absolute Gasteiger partial charge is 0.225 e. The lowest BCUT2D eigenvalue weighted by Gasteiger charge is -2.34. The molecule has 1 aliphatic heterocycles. The standard InChI is InChI=1S/C22H26N4O/c23-14-17-6-8-18(9-7-17)19-15-24-22(25-16-19)26-12-10-21(11-13-26)27-20-4-2-1-3-5-20/h6-9,15-16,20-21H,1-5,10-13H2. The number of ether oxygens (including phenoxy) is 1. The zero-order chi connectivity index (χ0) is 18.5. The van der Waals surface area contributed by atoms with Crippen LogP contribution in [0.5, 0.6) is 0 Å². The molecule has 1 saturated carbocycles. The van der Waals surface area contributed by atoms with Crippen molar-refractivity contribution in [2.24, 2.45) is 0 Å². The molecule has 1 aromatic heterocycles. The molecule has 0 N–H and O–H groups in total. The highest BCUT2D eigenvalue weighted by molar-refractivity contribution is 5.63. The van der Waals surface area contributed by atoms with E-state index in [9.17, 15) is 0 Å². The van der Waals surface area contributed by atoms with Gasteiger partial charge in [-0.25, -0.2) is 9.97 Å². The molecule has 0 atom stereocenters. The van der Waals surface area contributed by atoms with Gasteiger partial charge in [-0.1, -0.05) is 31.4 Å². The molecular weight excluding hydrogens is 336 g/mol. The maximum atomic E-state index is 8.90. The second-order valence-electron chi connectivity index (χ2n) is 7.54. The monoisotopic (exact) mass is 362 g/mol. The van der Waals surface area contributed by atoms with Crippen LogP contribution in [0.3, 0.4) is 0 Å². The van der Waals surface area contributed by atoms with Gasteiger partial charge in [0.05, 0.1) is 23.8 Å². The Morgan fingerprint density at radius 1 is 0.852 bits per heavy atom. The normalized spacial score (nSPS) is 19.0. The van der Waals surface area contributed by atoms with Crippen LogP contribution >= 0.6 is 0 Å². The van der Waals surface area contributed by atoms with Crippen LogP contribution in [-0.4, -0.2) is 35.3 Å². The molecule has 27 heavy (non-hydrogen) atoms. The number of hydrogen-bond acceptors (Lipinski definition) is 5. The summed E-state index contributed by atoms with van der Waals surface area (Å²) in [4.78, 5) is 11.4. The van der Waals surface area contributed by atoms with Gasteiger partial charge >= 0.3 is 0 Å². The maximum absolute atomic E-state index is 8.90. The molecule has 5 nitrogen and oxygen atoms in total. The number of anilines is 1. The minimum Gasteiger partial charge on any atom is -0.375 e. The number of rotatable bonds is 4. The van der Waals surface area contributed by atoms with Gasteiger partial charge in [0, 0.05) is 31.0 Å². The second-order valence-corrected chi connectivity index (χ2v) is 7.54. The number of hydrogen-bond donors (Lipinski definition) is 0. The van der Waals surface area contributed by atoms with Crippen LogP contribution < -0.4 is 4.90 Å². The number of piperidine rings is 1. The number of nitrogens with zero attached hydrogens (tertiary/aromatic N) is 4. The molecule has 5 heteroatoms. The summed E-state index contributed by atoms with van der Waals surface area (Å²) in [5.74, 6) is 0.795. The van der Waals surface area contributed by atoms with Crippen molar-refractivity contribution in [2.75, 3.05) is 18.0 Å². The summed E-state index contributed by atoms with van der Waals surface area (Å²) < 4.78 is 6.32. The van der Waals surface area contributed by atoms with Crippen molar-refractivity contribution in [2.45, 2.75) is 57.2 Å². The summed E-state index contributed by atoms with van der Waals surface area (Å²) in [6.07, 6.45) is 13.2. The largest absolute Gasteiger partial charge is 0.375 e. The van der Waals surface area contributed by atoms with E-state index in [4.69, 9.17) is 10.00 Å². The van der Waals surface area contributed by atoms with Crippen LogP contribution in [0.15, 0.2) is 36.7 Å². The van der Waals surface area contributed by atoms with Crippen molar-refractivity contribution in [3.05, 3.63) is 42.2 Å². The predicted molar refractivity (Wildman–Crippen MR) is 105 cm³/mol. The van der Waals surface area contributed by atoms with Crippen LogP contribution in [0.4, 0.5) is 5.95 Å². The van der Waals surface area contributed by atoms with Crippen molar-refractivity contribution >= 4 is 5.95 Å². The zero-order valence-electron chi connectivity index (χ0n) is 15.7. The molecule has 0 unspecified atom stereocenters. The van der Waals surface area contributed by atoms with Gasteiger partial charge in [-0.3, -0.25) is 0 Å². The minimum absolute atomic E-state index is 0.391. The Balaban J connectivity index is 1.32. The third kappa shape index (κ3) is 4.45. The zero-order valence-corrected chi connectivity index (χ0v) is 15.7. The third-order valence-corrected chi connectivity index (χ3v) is 5.65. The average molecular weight is 362 g/mol. The topological polar surface area (TPSA) is 62.0 Å². The van der Waals surface area contributed by atoms with Crippen LogP contribution in [0.1, 0.15) is 50.5 Å². The fourth-order valence-electron chi connectivity index (χ4n) is 4.04. The number of benzene rings is 1. The van der Waals surface area contributed by atoms with Crippen LogP contribution in [0.25, 0.3) is 11.1 Å². The quantitative estimate of drug-likeness (QED) is 0.810. The lowest BCUT2D eigenvalue weighted by atomic mass is 9.97. The molecule has 2 heterocycles. The first-order valence-corrected chi connectivity index (χ1v) is 10.0. The third-order valence-electron chi connectivity index (χ3n) is 5.65. The summed E-state index contributed by atoms with van der Waals surface area (Å²) in [6.45, 7) is 1.90. The van der Waals surface area contributed by atoms with Crippen molar-refractivity contribution in [3.8, 4) is 17.2 Å². The summed E-state index contributed by atoms with van der Waals surface area (Å²) in [7, 11) is 0. The maximum Gasteiger partial charge on any atom is 0.225 e. The highest BCUT2D eigenvalue weighted by Crippen LogP contribution is 2.26. The van der Waals surface area contributed by atoms with E-state index in [1.54, 1.807) is 0 Å². The van der Waals surface area contributed by atoms with E-state index in [1.165, 1.54) is 32.1 Å². The van der Waals surface area contributed by atoms with Crippen LogP contribution in [0.2, 0.25) is 0 Å². The van der Waals surface area contributed by atoms with E-state index < -0.39 is 0 Å². The second kappa shape index (κ2) is 8.49. The number of aromatic nitrogens is 2. The van der Waals surface area contributed by atoms with Gasteiger partial charge in [-0.2, -0.15) is 5.26 Å². The van der Waals surface area contributed by atoms with Crippen molar-refractivity contribution < 1.29 is 4.74 Å². The van der Waals surface area contributed by atoms with Crippen molar-refractivity contribution in [1.29, 1.82) is 5.26 Å². The summed E-state index contributed by atoms with van der Waals surface area (Å²) in [5, 5.41) is 8.90. The molecule has 2 fully saturated rings. The molecule has 0 amide bonds. The summed E-state index contributed by atoms with van der Waals surface area (Å²) in [5.41, 5.74) is 2.66. The van der Waals surface area contributed by atoms with Gasteiger partial charge < -0.3 is 9.64 Å². The summed E-state index contributed by atoms with van der Waals surface area (Å²) >= 11 is 0. The SMILES string of the molecule is N#Cc1ccc(-c2cnc(N3CCC(OC4CCCCC4)CC3)nc2)cc1. The Morgan fingerprint density at radius 2 is 1.48 bits per heavy atom. The van der Waals surface area contributed by atoms with Gasteiger partial charge in [0.15, 0.2) is 0 Å². The summed E-state index contributed by atoms with van der Waals surface area (Å²) in [6, 6.07) is 9.65. The van der Waals surface area contributed by atoms with Gasteiger partial charge in [0.25, 0.3) is 0 Å². The average Bonchev–Trinajstić information content (AvgIpc) is 2.75. The molecule has 0 bridgehead atoms. The molecule has 1 aromatic carbocycles. The van der Waals surface area contributed by atoms with Crippen LogP contribution in [-0.2, 0) is 4.74 Å². The number of nitriles is 1. The van der Waals surface area contributed by atoms with Crippen molar-refractivity contribution in [3.63, 3.8) is 0 Å². The Labute approximate surface area is 161 Å². The Kier molecular flexibility index (Phi) is 5.64. The molecule has 0 spiro atoms. The van der Waals surface area contributed by atoms with Crippen LogP contribution in [0, 0.1) is 11.3 Å². The molecule has 1 saturated heterocycles. The van der Waals surface area contributed by atoms with Gasteiger partial charge in [0.2, 0.25) is 5.95 Å². The molecule has 1 aliphatic carbocycles. The first-order chi connectivity index (χ1) is 13.3. The molecule has 140 valence electrons. The Morgan fingerprint density at radius 3 is 2.11 bits per heavy atom. The first kappa shape index (κ1) is 17.9. The van der Waals surface area contributed by atoms with E-state index in [0.717, 1.165) is 43.0 Å². The van der Waals surface area contributed by atoms with Crippen molar-refractivity contribution in [1.82, 2.24) is 9.97 Å². The van der Waals surface area contributed by atoms with Gasteiger partial charge in [-0.05, 0) is 43.4 Å². The predicted octanol–water partition coefficient (Wildman–Crippen LogP) is 4.33. The Hall–Kier alpha value is -2.45. The molecule has 0 radical (unpaired) electrons. The lowest BCUT2D eigenvalue weighted by molar-refractivity contribution is -0.0396. The molecule has 4 rings (SSSR count). The van der Waals surface area contributed by atoms with E-state index in [0.29, 0.717) is 17.8 Å². The fourth-order valence-corrected chi connectivity index (χ4v) is 4.04. The van der Waals surface area contributed by atoms with E-state index in [1.807, 2.05) is 36.7 Å². The van der Waals surface area contributed by atoms with Gasteiger partial charge in [-0.15, -0.1) is 0 Å². The fraction of sp³-hybridized carbons (Fsp3) is 0.500. The lowest BCUT2D eigenvalue weighted by Crippen LogP contribution is -2.39. The van der Waals surface area contributed by atoms with E-state index in [-0.39, 0.29) is 0 Å². The molecule has 2 aliphatic rings. The van der Waals surface area contributed by atoms with E-state index >= 15 is 0 Å². The first-order valence-electron chi connectivity index (χ1n) is 10.0. The molecular formula is C22H26N4O. The minimum atomic E-state index is 0.391.